The van der Waals surface area contributed by atoms with Crippen LogP contribution in [0.2, 0.25) is 0 Å². The summed E-state index contributed by atoms with van der Waals surface area (Å²) in [4.78, 5) is 26.2. The van der Waals surface area contributed by atoms with E-state index >= 15 is 0 Å². The number of thiophene rings is 1. The van der Waals surface area contributed by atoms with Crippen molar-refractivity contribution in [3.05, 3.63) is 51.4 Å². The molecule has 0 fully saturated rings. The van der Waals surface area contributed by atoms with E-state index in [1.54, 1.807) is 29.8 Å². The van der Waals surface area contributed by atoms with Gasteiger partial charge < -0.3 is 5.32 Å². The zero-order valence-electron chi connectivity index (χ0n) is 12.8. The first-order chi connectivity index (χ1) is 11.1. The number of rotatable bonds is 5. The second-order valence-electron chi connectivity index (χ2n) is 5.29. The highest BCUT2D eigenvalue weighted by molar-refractivity contribution is 7.13. The Morgan fingerprint density at radius 1 is 1.22 bits per heavy atom. The van der Waals surface area contributed by atoms with Gasteiger partial charge in [0, 0.05) is 28.0 Å². The first-order valence-corrected chi connectivity index (χ1v) is 8.98. The quantitative estimate of drug-likeness (QED) is 0.766. The van der Waals surface area contributed by atoms with Crippen molar-refractivity contribution in [1.29, 1.82) is 0 Å². The van der Waals surface area contributed by atoms with Crippen LogP contribution in [-0.2, 0) is 6.54 Å². The summed E-state index contributed by atoms with van der Waals surface area (Å²) in [7, 11) is 0. The van der Waals surface area contributed by atoms with Crippen LogP contribution in [0.3, 0.4) is 0 Å². The molecule has 0 aromatic carbocycles. The number of aromatic nitrogens is 3. The molecule has 3 aromatic rings. The van der Waals surface area contributed by atoms with Crippen molar-refractivity contribution in [2.75, 3.05) is 0 Å². The second-order valence-corrected chi connectivity index (χ2v) is 7.09. The Balaban J connectivity index is 1.62. The molecule has 0 aliphatic heterocycles. The zero-order valence-corrected chi connectivity index (χ0v) is 14.4. The summed E-state index contributed by atoms with van der Waals surface area (Å²) < 4.78 is 0. The van der Waals surface area contributed by atoms with Gasteiger partial charge in [-0.1, -0.05) is 13.8 Å². The van der Waals surface area contributed by atoms with Gasteiger partial charge in [-0.2, -0.15) is 0 Å². The van der Waals surface area contributed by atoms with Crippen molar-refractivity contribution in [3.63, 3.8) is 0 Å². The minimum Gasteiger partial charge on any atom is -0.346 e. The molecule has 0 atom stereocenters. The van der Waals surface area contributed by atoms with Gasteiger partial charge >= 0.3 is 0 Å². The van der Waals surface area contributed by atoms with Crippen molar-refractivity contribution < 1.29 is 4.79 Å². The molecule has 3 heterocycles. The van der Waals surface area contributed by atoms with Gasteiger partial charge in [0.15, 0.2) is 10.8 Å². The maximum atomic E-state index is 12.2. The highest BCUT2D eigenvalue weighted by atomic mass is 32.1. The summed E-state index contributed by atoms with van der Waals surface area (Å²) >= 11 is 3.09. The molecule has 0 spiro atoms. The van der Waals surface area contributed by atoms with Crippen LogP contribution in [0.25, 0.3) is 10.8 Å². The molecule has 0 radical (unpaired) electrons. The number of nitrogens with one attached hydrogen (secondary N) is 1. The van der Waals surface area contributed by atoms with Gasteiger partial charge in [-0.15, -0.1) is 22.7 Å². The van der Waals surface area contributed by atoms with Crippen LogP contribution >= 0.6 is 22.7 Å². The number of carbonyl (C=O) groups excluding carboxylic acids is 1. The number of carbonyl (C=O) groups is 1. The molecular weight excluding hydrogens is 328 g/mol. The number of amides is 1. The van der Waals surface area contributed by atoms with E-state index in [1.807, 2.05) is 16.8 Å². The molecule has 0 aliphatic carbocycles. The lowest BCUT2D eigenvalue weighted by Crippen LogP contribution is -2.22. The predicted molar refractivity (Wildman–Crippen MR) is 92.7 cm³/mol. The molecule has 23 heavy (non-hydrogen) atoms. The van der Waals surface area contributed by atoms with Crippen molar-refractivity contribution in [2.45, 2.75) is 26.3 Å². The van der Waals surface area contributed by atoms with Gasteiger partial charge in [-0.25, -0.2) is 15.0 Å². The molecule has 0 unspecified atom stereocenters. The minimum atomic E-state index is -0.0707. The highest BCUT2D eigenvalue weighted by Gasteiger charge is 2.12. The van der Waals surface area contributed by atoms with Crippen LogP contribution in [0.15, 0.2) is 35.3 Å². The molecule has 0 saturated carbocycles. The molecule has 0 aliphatic rings. The molecule has 1 N–H and O–H groups in total. The monoisotopic (exact) mass is 344 g/mol. The van der Waals surface area contributed by atoms with Crippen molar-refractivity contribution in [2.24, 2.45) is 0 Å². The predicted octanol–water partition coefficient (Wildman–Crippen LogP) is 3.72. The summed E-state index contributed by atoms with van der Waals surface area (Å²) in [6.07, 6.45) is 3.38. The van der Waals surface area contributed by atoms with Gasteiger partial charge in [0.1, 0.15) is 0 Å². The van der Waals surface area contributed by atoms with Crippen LogP contribution in [0.4, 0.5) is 0 Å². The topological polar surface area (TPSA) is 67.8 Å². The maximum absolute atomic E-state index is 12.2. The smallest absolute Gasteiger partial charge is 0.252 e. The molecule has 118 valence electrons. The Hall–Kier alpha value is -2.12. The van der Waals surface area contributed by atoms with Crippen molar-refractivity contribution in [3.8, 4) is 10.8 Å². The fourth-order valence-electron chi connectivity index (χ4n) is 1.95. The average molecular weight is 344 g/mol. The van der Waals surface area contributed by atoms with Gasteiger partial charge in [0.2, 0.25) is 0 Å². The molecule has 0 bridgehead atoms. The minimum absolute atomic E-state index is 0.0707. The molecule has 5 nitrogen and oxygen atoms in total. The van der Waals surface area contributed by atoms with Crippen LogP contribution in [0, 0.1) is 0 Å². The summed E-state index contributed by atoms with van der Waals surface area (Å²) in [5.74, 6) is 0.974. The Kier molecular flexibility index (Phi) is 4.78. The lowest BCUT2D eigenvalue weighted by atomic mass is 10.1. The maximum Gasteiger partial charge on any atom is 0.252 e. The van der Waals surface area contributed by atoms with Crippen LogP contribution in [0.1, 0.15) is 40.7 Å². The Morgan fingerprint density at radius 2 is 2.00 bits per heavy atom. The van der Waals surface area contributed by atoms with E-state index < -0.39 is 0 Å². The summed E-state index contributed by atoms with van der Waals surface area (Å²) in [5, 5.41) is 7.47. The van der Waals surface area contributed by atoms with E-state index in [2.05, 4.69) is 34.1 Å². The summed E-state index contributed by atoms with van der Waals surface area (Å²) in [6.45, 7) is 4.64. The van der Waals surface area contributed by atoms with E-state index in [-0.39, 0.29) is 5.91 Å². The van der Waals surface area contributed by atoms with Gasteiger partial charge in [0.25, 0.3) is 5.91 Å². The van der Waals surface area contributed by atoms with E-state index in [0.717, 1.165) is 10.7 Å². The Bertz CT molecular complexity index is 795. The lowest BCUT2D eigenvalue weighted by molar-refractivity contribution is 0.0951. The SMILES string of the molecule is CC(C)c1cc(C(=O)NCc2csc(-c3ncccn3)n2)cs1. The van der Waals surface area contributed by atoms with Crippen molar-refractivity contribution >= 4 is 28.6 Å². The normalized spacial score (nSPS) is 10.9. The fourth-order valence-corrected chi connectivity index (χ4v) is 3.62. The molecule has 0 saturated heterocycles. The van der Waals surface area contributed by atoms with E-state index in [0.29, 0.717) is 23.9 Å². The Labute approximate surface area is 142 Å². The standard InChI is InChI=1S/C16H16N4OS2/c1-10(2)13-6-11(8-22-13)15(21)19-7-12-9-23-16(20-12)14-17-4-3-5-18-14/h3-6,8-10H,7H2,1-2H3,(H,19,21). The number of nitrogens with zero attached hydrogens (tertiary/aromatic N) is 3. The third kappa shape index (κ3) is 3.80. The molecule has 3 aromatic heterocycles. The summed E-state index contributed by atoms with van der Waals surface area (Å²) in [6, 6.07) is 3.72. The third-order valence-electron chi connectivity index (χ3n) is 3.19. The van der Waals surface area contributed by atoms with Gasteiger partial charge in [-0.05, 0) is 18.1 Å². The molecular formula is C16H16N4OS2. The van der Waals surface area contributed by atoms with Crippen LogP contribution in [0.5, 0.6) is 0 Å². The van der Waals surface area contributed by atoms with Crippen LogP contribution < -0.4 is 5.32 Å². The largest absolute Gasteiger partial charge is 0.346 e. The zero-order chi connectivity index (χ0) is 16.2. The number of hydrogen-bond donors (Lipinski definition) is 1. The van der Waals surface area contributed by atoms with Crippen LogP contribution in [-0.4, -0.2) is 20.9 Å². The number of hydrogen-bond acceptors (Lipinski definition) is 6. The summed E-state index contributed by atoms with van der Waals surface area (Å²) in [5.41, 5.74) is 1.52. The fraction of sp³-hybridized carbons (Fsp3) is 0.250. The van der Waals surface area contributed by atoms with E-state index in [4.69, 9.17) is 0 Å². The Morgan fingerprint density at radius 3 is 2.70 bits per heavy atom. The average Bonchev–Trinajstić information content (AvgIpc) is 3.23. The lowest BCUT2D eigenvalue weighted by Gasteiger charge is -2.01. The van der Waals surface area contributed by atoms with Gasteiger partial charge in [0.05, 0.1) is 17.8 Å². The number of thiazole rings is 1. The third-order valence-corrected chi connectivity index (χ3v) is 5.31. The second kappa shape index (κ2) is 6.97. The van der Waals surface area contributed by atoms with Crippen molar-refractivity contribution in [1.82, 2.24) is 20.3 Å². The first kappa shape index (κ1) is 15.8. The first-order valence-electron chi connectivity index (χ1n) is 7.22. The molecule has 7 heteroatoms. The molecule has 1 amide bonds. The van der Waals surface area contributed by atoms with Gasteiger partial charge in [-0.3, -0.25) is 4.79 Å². The van der Waals surface area contributed by atoms with E-state index in [1.165, 1.54) is 16.2 Å². The highest BCUT2D eigenvalue weighted by Crippen LogP contribution is 2.23. The van der Waals surface area contributed by atoms with E-state index in [9.17, 15) is 4.79 Å². The molecule has 3 rings (SSSR count).